The molecule has 0 aromatic heterocycles. The van der Waals surface area contributed by atoms with Crippen molar-refractivity contribution in [2.24, 2.45) is 0 Å². The van der Waals surface area contributed by atoms with Gasteiger partial charge in [-0.05, 0) is 18.8 Å². The van der Waals surface area contributed by atoms with Crippen molar-refractivity contribution >= 4 is 0 Å². The number of hydrogen-bond donors (Lipinski definition) is 0. The number of hydrogen-bond acceptors (Lipinski definition) is 0. The molecule has 0 bridgehead atoms. The average molecular weight is 166 g/mol. The normalized spacial score (nSPS) is 17.8. The first kappa shape index (κ1) is 10.9. The van der Waals surface area contributed by atoms with Crippen LogP contribution in [0.1, 0.15) is 43.6 Å². The van der Waals surface area contributed by atoms with Gasteiger partial charge < -0.3 is 0 Å². The van der Waals surface area contributed by atoms with Crippen LogP contribution in [0.25, 0.3) is 0 Å². The van der Waals surface area contributed by atoms with Gasteiger partial charge in [0, 0.05) is 0 Å². The molecule has 1 aromatic rings. The van der Waals surface area contributed by atoms with Gasteiger partial charge in [-0.1, -0.05) is 19.3 Å². The van der Waals surface area contributed by atoms with E-state index in [4.69, 9.17) is 0 Å². The van der Waals surface area contributed by atoms with Crippen molar-refractivity contribution in [2.45, 2.75) is 38.0 Å². The van der Waals surface area contributed by atoms with Crippen molar-refractivity contribution in [3.8, 4) is 0 Å². The van der Waals surface area contributed by atoms with E-state index >= 15 is 0 Å². The number of rotatable bonds is 1. The Labute approximate surface area is 92.9 Å². The summed E-state index contributed by atoms with van der Waals surface area (Å²) in [4.78, 5) is 0. The van der Waals surface area contributed by atoms with Crippen LogP contribution < -0.4 is 18.9 Å². The summed E-state index contributed by atoms with van der Waals surface area (Å²) in [6.45, 7) is 0. The SMILES string of the molecule is [Li+].[c-]1ccccc1C1CCCCC1. The van der Waals surface area contributed by atoms with Gasteiger partial charge in [0.05, 0.1) is 0 Å². The predicted octanol–water partition coefficient (Wildman–Crippen LogP) is 0.538. The van der Waals surface area contributed by atoms with Gasteiger partial charge >= 0.3 is 18.9 Å². The molecule has 64 valence electrons. The minimum atomic E-state index is 0. The van der Waals surface area contributed by atoms with E-state index in [0.717, 1.165) is 5.92 Å². The zero-order chi connectivity index (χ0) is 8.23. The van der Waals surface area contributed by atoms with Crippen molar-refractivity contribution in [2.75, 3.05) is 0 Å². The molecule has 1 aromatic carbocycles. The second-order valence-electron chi connectivity index (χ2n) is 3.65. The molecule has 0 spiro atoms. The van der Waals surface area contributed by atoms with Gasteiger partial charge in [-0.25, -0.2) is 0 Å². The standard InChI is InChI=1S/C12H15.Li/c1-3-7-11(8-4-1)12-9-5-2-6-10-12;/h1,3-4,7,12H,2,5-6,9-10H2;/q-1;+1. The Morgan fingerprint density at radius 1 is 1.08 bits per heavy atom. The van der Waals surface area contributed by atoms with Crippen molar-refractivity contribution in [3.05, 3.63) is 35.9 Å². The maximum absolute atomic E-state index is 3.34. The Kier molecular flexibility index (Phi) is 4.63. The minimum absolute atomic E-state index is 0. The zero-order valence-corrected chi connectivity index (χ0v) is 8.42. The van der Waals surface area contributed by atoms with Crippen molar-refractivity contribution in [1.29, 1.82) is 0 Å². The summed E-state index contributed by atoms with van der Waals surface area (Å²) in [6.07, 6.45) is 7.01. The van der Waals surface area contributed by atoms with E-state index in [2.05, 4.69) is 18.2 Å². The molecule has 0 aliphatic heterocycles. The molecular formula is C12H15Li. The van der Waals surface area contributed by atoms with Crippen LogP contribution in [0.4, 0.5) is 0 Å². The summed E-state index contributed by atoms with van der Waals surface area (Å²) in [5.74, 6) is 0.806. The molecule has 2 rings (SSSR count). The Bertz CT molecular complexity index is 224. The second-order valence-corrected chi connectivity index (χ2v) is 3.65. The largest absolute Gasteiger partial charge is 1.00 e. The average Bonchev–Trinajstić information content (AvgIpc) is 2.21. The van der Waals surface area contributed by atoms with Crippen LogP contribution in [-0.2, 0) is 0 Å². The first-order chi connectivity index (χ1) is 5.97. The van der Waals surface area contributed by atoms with Crippen LogP contribution in [0.5, 0.6) is 0 Å². The van der Waals surface area contributed by atoms with E-state index in [1.54, 1.807) is 0 Å². The van der Waals surface area contributed by atoms with Crippen LogP contribution in [0.15, 0.2) is 24.3 Å². The molecule has 0 N–H and O–H groups in total. The number of benzene rings is 1. The van der Waals surface area contributed by atoms with E-state index in [0.29, 0.717) is 0 Å². The Hall–Kier alpha value is -0.183. The zero-order valence-electron chi connectivity index (χ0n) is 8.42. The van der Waals surface area contributed by atoms with Crippen LogP contribution in [0, 0.1) is 6.07 Å². The van der Waals surface area contributed by atoms with Crippen LogP contribution in [0.2, 0.25) is 0 Å². The smallest absolute Gasteiger partial charge is 0.180 e. The van der Waals surface area contributed by atoms with Gasteiger partial charge in [-0.15, -0.1) is 0 Å². The molecule has 1 fully saturated rings. The van der Waals surface area contributed by atoms with Crippen LogP contribution in [-0.4, -0.2) is 0 Å². The fourth-order valence-electron chi connectivity index (χ4n) is 2.07. The van der Waals surface area contributed by atoms with Gasteiger partial charge in [0.1, 0.15) is 0 Å². The van der Waals surface area contributed by atoms with Gasteiger partial charge in [-0.2, -0.15) is 35.9 Å². The van der Waals surface area contributed by atoms with Crippen molar-refractivity contribution in [3.63, 3.8) is 0 Å². The van der Waals surface area contributed by atoms with Crippen molar-refractivity contribution < 1.29 is 18.9 Å². The quantitative estimate of drug-likeness (QED) is 0.422. The molecule has 0 amide bonds. The monoisotopic (exact) mass is 166 g/mol. The molecule has 0 radical (unpaired) electrons. The minimum Gasteiger partial charge on any atom is -0.180 e. The predicted molar refractivity (Wildman–Crippen MR) is 51.1 cm³/mol. The Morgan fingerprint density at radius 3 is 2.46 bits per heavy atom. The summed E-state index contributed by atoms with van der Waals surface area (Å²) in [6, 6.07) is 11.8. The third-order valence-corrected chi connectivity index (χ3v) is 2.78. The van der Waals surface area contributed by atoms with E-state index in [1.165, 1.54) is 37.7 Å². The fraction of sp³-hybridized carbons (Fsp3) is 0.500. The van der Waals surface area contributed by atoms with E-state index in [9.17, 15) is 0 Å². The molecule has 0 nitrogen and oxygen atoms in total. The van der Waals surface area contributed by atoms with Crippen molar-refractivity contribution in [1.82, 2.24) is 0 Å². The maximum atomic E-state index is 3.34. The summed E-state index contributed by atoms with van der Waals surface area (Å²) in [5, 5.41) is 0. The topological polar surface area (TPSA) is 0 Å². The Balaban J connectivity index is 0.000000845. The molecule has 1 heteroatoms. The summed E-state index contributed by atoms with van der Waals surface area (Å²) in [7, 11) is 0. The molecule has 13 heavy (non-hydrogen) atoms. The van der Waals surface area contributed by atoms with E-state index in [-0.39, 0.29) is 18.9 Å². The molecular weight excluding hydrogens is 151 g/mol. The third kappa shape index (κ3) is 2.90. The van der Waals surface area contributed by atoms with Gasteiger partial charge in [-0.3, -0.25) is 0 Å². The van der Waals surface area contributed by atoms with Gasteiger partial charge in [0.2, 0.25) is 0 Å². The van der Waals surface area contributed by atoms with Gasteiger partial charge in [0.25, 0.3) is 0 Å². The van der Waals surface area contributed by atoms with E-state index in [1.807, 2.05) is 12.1 Å². The Morgan fingerprint density at radius 2 is 1.85 bits per heavy atom. The third-order valence-electron chi connectivity index (χ3n) is 2.78. The van der Waals surface area contributed by atoms with E-state index < -0.39 is 0 Å². The first-order valence-corrected chi connectivity index (χ1v) is 4.93. The fourth-order valence-corrected chi connectivity index (χ4v) is 2.07. The summed E-state index contributed by atoms with van der Waals surface area (Å²) < 4.78 is 0. The summed E-state index contributed by atoms with van der Waals surface area (Å²) in [5.41, 5.74) is 1.43. The van der Waals surface area contributed by atoms with Gasteiger partial charge in [0.15, 0.2) is 0 Å². The molecule has 0 atom stereocenters. The second kappa shape index (κ2) is 5.53. The molecule has 0 heterocycles. The molecule has 1 aliphatic rings. The molecule has 1 aliphatic carbocycles. The molecule has 1 saturated carbocycles. The van der Waals surface area contributed by atoms with Crippen LogP contribution >= 0.6 is 0 Å². The first-order valence-electron chi connectivity index (χ1n) is 4.93. The molecule has 0 saturated heterocycles. The van der Waals surface area contributed by atoms with Crippen LogP contribution in [0.3, 0.4) is 0 Å². The molecule has 0 unspecified atom stereocenters. The summed E-state index contributed by atoms with van der Waals surface area (Å²) >= 11 is 0. The maximum Gasteiger partial charge on any atom is 1.00 e.